The zero-order valence-corrected chi connectivity index (χ0v) is 18.6. The first-order valence-electron chi connectivity index (χ1n) is 10.0. The van der Waals surface area contributed by atoms with Gasteiger partial charge in [0.2, 0.25) is 0 Å². The van der Waals surface area contributed by atoms with Crippen molar-refractivity contribution in [1.82, 2.24) is 13.9 Å². The summed E-state index contributed by atoms with van der Waals surface area (Å²) in [6, 6.07) is 10.4. The standard InChI is InChI=1S/C22H22N4O3S2/c1-14-25-20(16-8-11-29-13-16)21(30-14)18-6-9-24-22-19(18)7-10-26(22)31(27,28)17-4-2-15(12-23)3-5-17/h2-7,9-10,16H,8,11-13,23H2,1H3. The topological polar surface area (TPSA) is 100 Å². The molecule has 4 heterocycles. The third-order valence-corrected chi connectivity index (χ3v) is 8.29. The lowest BCUT2D eigenvalue weighted by Crippen LogP contribution is -2.12. The third kappa shape index (κ3) is 3.47. The predicted molar refractivity (Wildman–Crippen MR) is 121 cm³/mol. The quantitative estimate of drug-likeness (QED) is 0.494. The van der Waals surface area contributed by atoms with Crippen LogP contribution in [0.2, 0.25) is 0 Å². The van der Waals surface area contributed by atoms with E-state index in [4.69, 9.17) is 15.5 Å². The van der Waals surface area contributed by atoms with E-state index in [-0.39, 0.29) is 10.8 Å². The Morgan fingerprint density at radius 2 is 2.03 bits per heavy atom. The van der Waals surface area contributed by atoms with Crippen molar-refractivity contribution >= 4 is 32.4 Å². The number of aromatic nitrogens is 3. The average molecular weight is 455 g/mol. The van der Waals surface area contributed by atoms with Gasteiger partial charge in [0.1, 0.15) is 0 Å². The maximum absolute atomic E-state index is 13.3. The minimum atomic E-state index is -3.79. The molecule has 0 radical (unpaired) electrons. The number of ether oxygens (including phenoxy) is 1. The molecule has 9 heteroatoms. The van der Waals surface area contributed by atoms with Gasteiger partial charge in [0.15, 0.2) is 5.65 Å². The fourth-order valence-corrected chi connectivity index (χ4v) is 6.33. The van der Waals surface area contributed by atoms with Gasteiger partial charge in [-0.15, -0.1) is 11.3 Å². The molecule has 0 saturated carbocycles. The second-order valence-electron chi connectivity index (χ2n) is 7.57. The molecule has 1 aromatic carbocycles. The molecule has 1 saturated heterocycles. The number of hydrogen-bond donors (Lipinski definition) is 1. The smallest absolute Gasteiger partial charge is 0.269 e. The van der Waals surface area contributed by atoms with E-state index in [1.807, 2.05) is 19.1 Å². The lowest BCUT2D eigenvalue weighted by Gasteiger charge is -2.10. The van der Waals surface area contributed by atoms with Crippen molar-refractivity contribution in [3.05, 3.63) is 65.1 Å². The Morgan fingerprint density at radius 3 is 2.74 bits per heavy atom. The SMILES string of the molecule is Cc1nc(C2CCOC2)c(-c2ccnc3c2ccn3S(=O)(=O)c2ccc(CN)cc2)s1. The zero-order chi connectivity index (χ0) is 21.6. The molecule has 4 aromatic rings. The number of fused-ring (bicyclic) bond motifs is 1. The minimum absolute atomic E-state index is 0.201. The summed E-state index contributed by atoms with van der Waals surface area (Å²) < 4.78 is 33.4. The summed E-state index contributed by atoms with van der Waals surface area (Å²) >= 11 is 1.62. The predicted octanol–water partition coefficient (Wildman–Crippen LogP) is 3.67. The Balaban J connectivity index is 1.63. The molecule has 0 amide bonds. The van der Waals surface area contributed by atoms with Gasteiger partial charge in [0.05, 0.1) is 27.1 Å². The van der Waals surface area contributed by atoms with Gasteiger partial charge in [-0.05, 0) is 43.2 Å². The first-order valence-corrected chi connectivity index (χ1v) is 12.3. The van der Waals surface area contributed by atoms with Crippen molar-refractivity contribution in [3.8, 4) is 10.4 Å². The molecule has 1 fully saturated rings. The Morgan fingerprint density at radius 1 is 1.23 bits per heavy atom. The Hall–Kier alpha value is -2.59. The highest BCUT2D eigenvalue weighted by atomic mass is 32.2. The molecular weight excluding hydrogens is 432 g/mol. The summed E-state index contributed by atoms with van der Waals surface area (Å²) in [6.07, 6.45) is 4.17. The number of benzene rings is 1. The fraction of sp³-hybridized carbons (Fsp3) is 0.273. The van der Waals surface area contributed by atoms with E-state index >= 15 is 0 Å². The maximum Gasteiger partial charge on any atom is 0.269 e. The third-order valence-electron chi connectivity index (χ3n) is 5.59. The molecule has 7 nitrogen and oxygen atoms in total. The number of nitrogens with zero attached hydrogens (tertiary/aromatic N) is 3. The van der Waals surface area contributed by atoms with Crippen molar-refractivity contribution in [1.29, 1.82) is 0 Å². The van der Waals surface area contributed by atoms with Crippen molar-refractivity contribution in [2.45, 2.75) is 30.7 Å². The van der Waals surface area contributed by atoms with Crippen LogP contribution in [0.1, 0.15) is 28.6 Å². The second kappa shape index (κ2) is 7.83. The molecule has 3 aromatic heterocycles. The van der Waals surface area contributed by atoms with Crippen LogP contribution in [0.5, 0.6) is 0 Å². The van der Waals surface area contributed by atoms with Crippen LogP contribution >= 0.6 is 11.3 Å². The molecule has 2 N–H and O–H groups in total. The highest BCUT2D eigenvalue weighted by Gasteiger charge is 2.27. The molecule has 1 aliphatic rings. The highest BCUT2D eigenvalue weighted by molar-refractivity contribution is 7.90. The van der Waals surface area contributed by atoms with Crippen molar-refractivity contribution in [2.75, 3.05) is 13.2 Å². The Kier molecular flexibility index (Phi) is 5.13. The second-order valence-corrected chi connectivity index (χ2v) is 10.6. The molecule has 1 aliphatic heterocycles. The van der Waals surface area contributed by atoms with E-state index in [1.54, 1.807) is 48.0 Å². The van der Waals surface area contributed by atoms with E-state index in [0.717, 1.165) is 45.1 Å². The van der Waals surface area contributed by atoms with Crippen molar-refractivity contribution < 1.29 is 13.2 Å². The minimum Gasteiger partial charge on any atom is -0.381 e. The van der Waals surface area contributed by atoms with E-state index in [9.17, 15) is 8.42 Å². The van der Waals surface area contributed by atoms with Crippen LogP contribution in [-0.2, 0) is 21.3 Å². The molecular formula is C22H22N4O3S2. The number of thiazole rings is 1. The first-order chi connectivity index (χ1) is 15.0. The lowest BCUT2D eigenvalue weighted by atomic mass is 10.0. The summed E-state index contributed by atoms with van der Waals surface area (Å²) in [6.45, 7) is 3.76. The monoisotopic (exact) mass is 454 g/mol. The molecule has 0 bridgehead atoms. The number of nitrogens with two attached hydrogens (primary N) is 1. The van der Waals surface area contributed by atoms with Crippen molar-refractivity contribution in [3.63, 3.8) is 0 Å². The van der Waals surface area contributed by atoms with Crippen LogP contribution in [0.4, 0.5) is 0 Å². The van der Waals surface area contributed by atoms with Crippen LogP contribution in [0.15, 0.2) is 53.7 Å². The molecule has 0 spiro atoms. The Bertz CT molecular complexity index is 1350. The van der Waals surface area contributed by atoms with Gasteiger partial charge in [-0.25, -0.2) is 22.4 Å². The van der Waals surface area contributed by atoms with Gasteiger partial charge >= 0.3 is 0 Å². The molecule has 1 unspecified atom stereocenters. The van der Waals surface area contributed by atoms with E-state index in [2.05, 4.69) is 4.98 Å². The van der Waals surface area contributed by atoms with E-state index < -0.39 is 10.0 Å². The van der Waals surface area contributed by atoms with Crippen LogP contribution < -0.4 is 5.73 Å². The zero-order valence-electron chi connectivity index (χ0n) is 17.0. The summed E-state index contributed by atoms with van der Waals surface area (Å²) in [5.74, 6) is 0.259. The maximum atomic E-state index is 13.3. The molecule has 0 aliphatic carbocycles. The summed E-state index contributed by atoms with van der Waals surface area (Å²) in [5.41, 5.74) is 8.89. The van der Waals surface area contributed by atoms with Crippen LogP contribution in [0, 0.1) is 6.92 Å². The molecule has 1 atom stereocenters. The molecule has 5 rings (SSSR count). The van der Waals surface area contributed by atoms with E-state index in [0.29, 0.717) is 18.8 Å². The Labute approximate surface area is 184 Å². The van der Waals surface area contributed by atoms with Crippen LogP contribution in [-0.4, -0.2) is 35.6 Å². The number of hydrogen-bond acceptors (Lipinski definition) is 7. The lowest BCUT2D eigenvalue weighted by molar-refractivity contribution is 0.193. The van der Waals surface area contributed by atoms with Gasteiger partial charge in [0.25, 0.3) is 10.0 Å². The average Bonchev–Trinajstić information content (AvgIpc) is 3.52. The van der Waals surface area contributed by atoms with Gasteiger partial charge < -0.3 is 10.5 Å². The highest BCUT2D eigenvalue weighted by Crippen LogP contribution is 2.40. The number of rotatable bonds is 5. The largest absolute Gasteiger partial charge is 0.381 e. The summed E-state index contributed by atoms with van der Waals surface area (Å²) in [4.78, 5) is 10.4. The van der Waals surface area contributed by atoms with Gasteiger partial charge in [-0.2, -0.15) is 0 Å². The van der Waals surface area contributed by atoms with Gasteiger partial charge in [0, 0.05) is 42.4 Å². The van der Waals surface area contributed by atoms with Gasteiger partial charge in [-0.3, -0.25) is 0 Å². The van der Waals surface area contributed by atoms with Gasteiger partial charge in [-0.1, -0.05) is 12.1 Å². The first kappa shape index (κ1) is 20.3. The molecule has 160 valence electrons. The number of aryl methyl sites for hydroxylation is 1. The van der Waals surface area contributed by atoms with E-state index in [1.165, 1.54) is 3.97 Å². The summed E-state index contributed by atoms with van der Waals surface area (Å²) in [5, 5.41) is 1.77. The fourth-order valence-electron chi connectivity index (χ4n) is 3.98. The van der Waals surface area contributed by atoms with Crippen molar-refractivity contribution in [2.24, 2.45) is 5.73 Å². The molecule has 31 heavy (non-hydrogen) atoms. The number of pyridine rings is 1. The van der Waals surface area contributed by atoms with Crippen LogP contribution in [0.25, 0.3) is 21.5 Å². The summed E-state index contributed by atoms with van der Waals surface area (Å²) in [7, 11) is -3.79. The van der Waals surface area contributed by atoms with Crippen LogP contribution in [0.3, 0.4) is 0 Å². The normalized spacial score (nSPS) is 16.9.